The van der Waals surface area contributed by atoms with Crippen LogP contribution in [-0.4, -0.2) is 6.61 Å². The van der Waals surface area contributed by atoms with E-state index in [1.165, 1.54) is 22.3 Å². The maximum Gasteiger partial charge on any atom is 0.119 e. The highest BCUT2D eigenvalue weighted by atomic mass is 16.5. The second-order valence-electron chi connectivity index (χ2n) is 7.67. The van der Waals surface area contributed by atoms with Crippen LogP contribution in [0.3, 0.4) is 0 Å². The Morgan fingerprint density at radius 1 is 0.531 bits per heavy atom. The minimum absolute atomic E-state index is 0.631. The third-order valence-corrected chi connectivity index (χ3v) is 5.10. The van der Waals surface area contributed by atoms with Crippen LogP contribution in [0.25, 0.3) is 0 Å². The standard InChI is InChI=1S/2C15H16O/c1-13-7-9-15(10-8-13)16-12-11-14-5-3-2-4-6-14;1-2-13-8-10-15(11-9-13)16-12-14-6-4-3-5-7-14/h2-10H,11-12H2,1H3;3-11H,2,12H2,1H3. The van der Waals surface area contributed by atoms with Crippen LogP contribution in [0.5, 0.6) is 11.5 Å². The Morgan fingerprint density at radius 3 is 1.66 bits per heavy atom. The lowest BCUT2D eigenvalue weighted by molar-refractivity contribution is 0.306. The van der Waals surface area contributed by atoms with Crippen molar-refractivity contribution < 1.29 is 9.47 Å². The van der Waals surface area contributed by atoms with Gasteiger partial charge in [0.1, 0.15) is 18.1 Å². The van der Waals surface area contributed by atoms with Gasteiger partial charge in [-0.25, -0.2) is 0 Å². The molecule has 0 saturated heterocycles. The van der Waals surface area contributed by atoms with Gasteiger partial charge in [0.25, 0.3) is 0 Å². The van der Waals surface area contributed by atoms with E-state index >= 15 is 0 Å². The summed E-state index contributed by atoms with van der Waals surface area (Å²) >= 11 is 0. The number of hydrogen-bond donors (Lipinski definition) is 0. The van der Waals surface area contributed by atoms with Gasteiger partial charge in [-0.3, -0.25) is 0 Å². The van der Waals surface area contributed by atoms with Crippen molar-refractivity contribution in [3.05, 3.63) is 131 Å². The largest absolute Gasteiger partial charge is 0.493 e. The van der Waals surface area contributed by atoms with Gasteiger partial charge in [-0.1, -0.05) is 97.4 Å². The van der Waals surface area contributed by atoms with E-state index in [2.05, 4.69) is 74.5 Å². The summed E-state index contributed by atoms with van der Waals surface area (Å²) in [6, 6.07) is 37.0. The third kappa shape index (κ3) is 8.31. The van der Waals surface area contributed by atoms with Crippen molar-refractivity contribution in [2.24, 2.45) is 0 Å². The minimum atomic E-state index is 0.631. The molecule has 0 aliphatic rings. The maximum atomic E-state index is 5.69. The molecule has 4 aromatic rings. The van der Waals surface area contributed by atoms with E-state index in [0.29, 0.717) is 6.61 Å². The average molecular weight is 425 g/mol. The molecule has 0 spiro atoms. The lowest BCUT2D eigenvalue weighted by Gasteiger charge is -2.06. The van der Waals surface area contributed by atoms with Crippen LogP contribution in [0.1, 0.15) is 29.2 Å². The average Bonchev–Trinajstić information content (AvgIpc) is 2.86. The number of benzene rings is 4. The molecule has 0 heterocycles. The molecule has 164 valence electrons. The molecule has 32 heavy (non-hydrogen) atoms. The minimum Gasteiger partial charge on any atom is -0.493 e. The normalized spacial score (nSPS) is 10.1. The summed E-state index contributed by atoms with van der Waals surface area (Å²) in [5, 5.41) is 0. The molecule has 0 radical (unpaired) electrons. The molecule has 0 fully saturated rings. The van der Waals surface area contributed by atoms with E-state index in [0.717, 1.165) is 30.9 Å². The Bertz CT molecular complexity index is 1010. The fraction of sp³-hybridized carbons (Fsp3) is 0.200. The fourth-order valence-electron chi connectivity index (χ4n) is 3.13. The predicted octanol–water partition coefficient (Wildman–Crippen LogP) is 7.44. The molecule has 2 heteroatoms. The molecular formula is C30H32O2. The number of aryl methyl sites for hydroxylation is 2. The first-order valence-corrected chi connectivity index (χ1v) is 11.2. The monoisotopic (exact) mass is 424 g/mol. The molecule has 4 rings (SSSR count). The van der Waals surface area contributed by atoms with E-state index in [1.807, 2.05) is 48.5 Å². The van der Waals surface area contributed by atoms with Crippen molar-refractivity contribution in [1.82, 2.24) is 0 Å². The van der Waals surface area contributed by atoms with Gasteiger partial charge < -0.3 is 9.47 Å². The summed E-state index contributed by atoms with van der Waals surface area (Å²) in [6.45, 7) is 5.59. The highest BCUT2D eigenvalue weighted by Gasteiger charge is 1.96. The summed E-state index contributed by atoms with van der Waals surface area (Å²) in [5.41, 5.74) is 5.11. The maximum absolute atomic E-state index is 5.69. The third-order valence-electron chi connectivity index (χ3n) is 5.10. The van der Waals surface area contributed by atoms with Crippen LogP contribution in [0.2, 0.25) is 0 Å². The highest BCUT2D eigenvalue weighted by Crippen LogP contribution is 2.14. The molecule has 0 amide bonds. The number of hydrogen-bond acceptors (Lipinski definition) is 2. The number of rotatable bonds is 8. The van der Waals surface area contributed by atoms with Gasteiger partial charge in [0.2, 0.25) is 0 Å². The molecule has 2 nitrogen and oxygen atoms in total. The predicted molar refractivity (Wildman–Crippen MR) is 133 cm³/mol. The molecular weight excluding hydrogens is 392 g/mol. The highest BCUT2D eigenvalue weighted by molar-refractivity contribution is 5.28. The molecule has 0 atom stereocenters. The van der Waals surface area contributed by atoms with E-state index in [-0.39, 0.29) is 0 Å². The zero-order chi connectivity index (χ0) is 22.4. The first kappa shape index (κ1) is 23.1. The Balaban J connectivity index is 0.000000181. The Hall–Kier alpha value is -3.52. The second-order valence-corrected chi connectivity index (χ2v) is 7.67. The molecule has 0 aliphatic carbocycles. The summed E-state index contributed by atoms with van der Waals surface area (Å²) in [6.07, 6.45) is 2.02. The number of ether oxygens (including phenoxy) is 2. The lowest BCUT2D eigenvalue weighted by Crippen LogP contribution is -2.00. The summed E-state index contributed by atoms with van der Waals surface area (Å²) < 4.78 is 11.4. The van der Waals surface area contributed by atoms with Crippen molar-refractivity contribution in [3.8, 4) is 11.5 Å². The zero-order valence-electron chi connectivity index (χ0n) is 19.0. The van der Waals surface area contributed by atoms with Crippen LogP contribution in [0, 0.1) is 6.92 Å². The van der Waals surface area contributed by atoms with Crippen molar-refractivity contribution in [3.63, 3.8) is 0 Å². The summed E-state index contributed by atoms with van der Waals surface area (Å²) in [7, 11) is 0. The molecule has 0 aliphatic heterocycles. The Kier molecular flexibility index (Phi) is 9.41. The molecule has 0 unspecified atom stereocenters. The van der Waals surface area contributed by atoms with E-state index in [1.54, 1.807) is 0 Å². The molecule has 0 aromatic heterocycles. The first-order chi connectivity index (χ1) is 15.7. The van der Waals surface area contributed by atoms with Gasteiger partial charge in [-0.05, 0) is 54.3 Å². The van der Waals surface area contributed by atoms with Crippen molar-refractivity contribution in [2.45, 2.75) is 33.3 Å². The van der Waals surface area contributed by atoms with Crippen LogP contribution in [0.15, 0.2) is 109 Å². The van der Waals surface area contributed by atoms with Gasteiger partial charge in [0.15, 0.2) is 0 Å². The Labute approximate surface area is 192 Å². The van der Waals surface area contributed by atoms with Gasteiger partial charge in [-0.15, -0.1) is 0 Å². The van der Waals surface area contributed by atoms with Gasteiger partial charge >= 0.3 is 0 Å². The van der Waals surface area contributed by atoms with Crippen LogP contribution >= 0.6 is 0 Å². The van der Waals surface area contributed by atoms with Crippen LogP contribution in [0.4, 0.5) is 0 Å². The molecule has 0 saturated carbocycles. The first-order valence-electron chi connectivity index (χ1n) is 11.2. The van der Waals surface area contributed by atoms with Crippen LogP contribution < -0.4 is 9.47 Å². The zero-order valence-corrected chi connectivity index (χ0v) is 19.0. The second kappa shape index (κ2) is 13.0. The van der Waals surface area contributed by atoms with Crippen LogP contribution in [-0.2, 0) is 19.4 Å². The molecule has 0 N–H and O–H groups in total. The summed E-state index contributed by atoms with van der Waals surface area (Å²) in [4.78, 5) is 0. The molecule has 0 bridgehead atoms. The lowest BCUT2D eigenvalue weighted by atomic mass is 10.2. The topological polar surface area (TPSA) is 18.5 Å². The van der Waals surface area contributed by atoms with Crippen molar-refractivity contribution in [2.75, 3.05) is 6.61 Å². The van der Waals surface area contributed by atoms with E-state index < -0.39 is 0 Å². The van der Waals surface area contributed by atoms with E-state index in [4.69, 9.17) is 9.47 Å². The molecule has 4 aromatic carbocycles. The fourth-order valence-corrected chi connectivity index (χ4v) is 3.13. The smallest absolute Gasteiger partial charge is 0.119 e. The quantitative estimate of drug-likeness (QED) is 0.292. The van der Waals surface area contributed by atoms with Gasteiger partial charge in [-0.2, -0.15) is 0 Å². The van der Waals surface area contributed by atoms with E-state index in [9.17, 15) is 0 Å². The Morgan fingerprint density at radius 2 is 1.06 bits per heavy atom. The van der Waals surface area contributed by atoms with Crippen molar-refractivity contribution in [1.29, 1.82) is 0 Å². The SMILES string of the molecule is CCc1ccc(OCc2ccccc2)cc1.Cc1ccc(OCCc2ccccc2)cc1. The summed E-state index contributed by atoms with van der Waals surface area (Å²) in [5.74, 6) is 1.88. The van der Waals surface area contributed by atoms with Crippen molar-refractivity contribution >= 4 is 0 Å². The van der Waals surface area contributed by atoms with Gasteiger partial charge in [0, 0.05) is 6.42 Å². The van der Waals surface area contributed by atoms with Gasteiger partial charge in [0.05, 0.1) is 6.61 Å².